The highest BCUT2D eigenvalue weighted by atomic mass is 19.1. The minimum atomic E-state index is -0.941. The van der Waals surface area contributed by atoms with Crippen LogP contribution in [0, 0.1) is 11.6 Å². The zero-order valence-electron chi connectivity index (χ0n) is 9.24. The smallest absolute Gasteiger partial charge is 0.257 e. The Kier molecular flexibility index (Phi) is 4.99. The van der Waals surface area contributed by atoms with Crippen LogP contribution < -0.4 is 5.32 Å². The molecular weight excluding hydrogens is 232 g/mol. The lowest BCUT2D eigenvalue weighted by atomic mass is 10.2. The third-order valence-corrected chi connectivity index (χ3v) is 2.05. The van der Waals surface area contributed by atoms with E-state index in [1.807, 2.05) is 0 Å². The summed E-state index contributed by atoms with van der Waals surface area (Å²) in [5, 5.41) is 11.5. The molecule has 4 nitrogen and oxygen atoms in total. The first-order chi connectivity index (χ1) is 8.06. The molecule has 94 valence electrons. The molecule has 0 aliphatic rings. The van der Waals surface area contributed by atoms with Gasteiger partial charge in [0.1, 0.15) is 17.2 Å². The summed E-state index contributed by atoms with van der Waals surface area (Å²) in [4.78, 5) is 11.5. The lowest BCUT2D eigenvalue weighted by molar-refractivity contribution is 0.0607. The highest BCUT2D eigenvalue weighted by Gasteiger charge is 2.17. The average molecular weight is 245 g/mol. The summed E-state index contributed by atoms with van der Waals surface area (Å²) in [5.74, 6) is -2.79. The van der Waals surface area contributed by atoms with Gasteiger partial charge in [0.15, 0.2) is 0 Å². The van der Waals surface area contributed by atoms with Crippen molar-refractivity contribution in [2.75, 3.05) is 20.3 Å². The molecule has 1 aromatic carbocycles. The number of nitrogens with one attached hydrogen (secondary N) is 1. The quantitative estimate of drug-likeness (QED) is 0.803. The Morgan fingerprint density at radius 1 is 1.47 bits per heavy atom. The molecule has 1 amide bonds. The molecule has 1 atom stereocenters. The molecule has 17 heavy (non-hydrogen) atoms. The lowest BCUT2D eigenvalue weighted by Crippen LogP contribution is -2.35. The van der Waals surface area contributed by atoms with E-state index in [0.29, 0.717) is 0 Å². The fourth-order valence-electron chi connectivity index (χ4n) is 1.26. The van der Waals surface area contributed by atoms with Gasteiger partial charge in [-0.05, 0) is 12.1 Å². The summed E-state index contributed by atoms with van der Waals surface area (Å²) in [5.41, 5.74) is -0.655. The number of amides is 1. The number of benzene rings is 1. The van der Waals surface area contributed by atoms with Gasteiger partial charge in [0.2, 0.25) is 0 Å². The monoisotopic (exact) mass is 245 g/mol. The van der Waals surface area contributed by atoms with Gasteiger partial charge in [-0.15, -0.1) is 0 Å². The zero-order valence-corrected chi connectivity index (χ0v) is 9.24. The van der Waals surface area contributed by atoms with E-state index in [-0.39, 0.29) is 13.2 Å². The van der Waals surface area contributed by atoms with Gasteiger partial charge in [-0.2, -0.15) is 0 Å². The Morgan fingerprint density at radius 3 is 2.59 bits per heavy atom. The van der Waals surface area contributed by atoms with Gasteiger partial charge >= 0.3 is 0 Å². The van der Waals surface area contributed by atoms with Crippen LogP contribution in [0.4, 0.5) is 8.78 Å². The van der Waals surface area contributed by atoms with Gasteiger partial charge in [0, 0.05) is 13.7 Å². The number of ether oxygens (including phenoxy) is 1. The predicted octanol–water partition coefficient (Wildman–Crippen LogP) is 0.702. The maximum atomic E-state index is 13.2. The molecule has 0 heterocycles. The highest BCUT2D eigenvalue weighted by molar-refractivity contribution is 5.94. The lowest BCUT2D eigenvalue weighted by Gasteiger charge is -2.11. The zero-order chi connectivity index (χ0) is 12.8. The molecule has 1 rings (SSSR count). The van der Waals surface area contributed by atoms with E-state index < -0.39 is 29.2 Å². The van der Waals surface area contributed by atoms with E-state index in [4.69, 9.17) is 0 Å². The van der Waals surface area contributed by atoms with E-state index in [1.54, 1.807) is 0 Å². The van der Waals surface area contributed by atoms with Crippen LogP contribution in [0.5, 0.6) is 0 Å². The first-order valence-corrected chi connectivity index (χ1v) is 4.95. The molecule has 2 N–H and O–H groups in total. The minimum absolute atomic E-state index is 0.0278. The first kappa shape index (κ1) is 13.5. The predicted molar refractivity (Wildman–Crippen MR) is 56.6 cm³/mol. The summed E-state index contributed by atoms with van der Waals surface area (Å²) >= 11 is 0. The van der Waals surface area contributed by atoms with Crippen LogP contribution in [0.2, 0.25) is 0 Å². The topological polar surface area (TPSA) is 58.6 Å². The number of rotatable bonds is 5. The van der Waals surface area contributed by atoms with Crippen molar-refractivity contribution in [3.63, 3.8) is 0 Å². The molecule has 1 aromatic rings. The van der Waals surface area contributed by atoms with E-state index >= 15 is 0 Å². The maximum absolute atomic E-state index is 13.2. The van der Waals surface area contributed by atoms with Crippen LogP contribution >= 0.6 is 0 Å². The molecule has 0 bridgehead atoms. The SMILES string of the molecule is COCC(O)CNC(=O)c1c(F)cccc1F. The molecule has 0 radical (unpaired) electrons. The molecule has 0 aromatic heterocycles. The Hall–Kier alpha value is -1.53. The summed E-state index contributed by atoms with van der Waals surface area (Å²) in [6, 6.07) is 3.15. The van der Waals surface area contributed by atoms with Gasteiger partial charge < -0.3 is 15.2 Å². The number of hydrogen-bond donors (Lipinski definition) is 2. The molecule has 0 aliphatic carbocycles. The van der Waals surface area contributed by atoms with Crippen molar-refractivity contribution in [3.8, 4) is 0 Å². The number of carbonyl (C=O) groups is 1. The van der Waals surface area contributed by atoms with E-state index in [0.717, 1.165) is 12.1 Å². The molecule has 0 fully saturated rings. The van der Waals surface area contributed by atoms with Gasteiger partial charge in [-0.1, -0.05) is 6.07 Å². The van der Waals surface area contributed by atoms with Crippen molar-refractivity contribution in [2.45, 2.75) is 6.10 Å². The maximum Gasteiger partial charge on any atom is 0.257 e. The van der Waals surface area contributed by atoms with E-state index in [2.05, 4.69) is 10.1 Å². The molecule has 0 saturated heterocycles. The van der Waals surface area contributed by atoms with Gasteiger partial charge in [-0.3, -0.25) is 4.79 Å². The van der Waals surface area contributed by atoms with Gasteiger partial charge in [-0.25, -0.2) is 8.78 Å². The van der Waals surface area contributed by atoms with Crippen LogP contribution in [-0.2, 0) is 4.74 Å². The highest BCUT2D eigenvalue weighted by Crippen LogP contribution is 2.11. The van der Waals surface area contributed by atoms with Crippen molar-refractivity contribution >= 4 is 5.91 Å². The molecule has 0 saturated carbocycles. The summed E-state index contributed by atoms with van der Waals surface area (Å²) in [6.07, 6.45) is -0.918. The van der Waals surface area contributed by atoms with Crippen LogP contribution in [0.1, 0.15) is 10.4 Å². The molecule has 0 aliphatic heterocycles. The molecule has 1 unspecified atom stereocenters. The third kappa shape index (κ3) is 3.76. The van der Waals surface area contributed by atoms with Crippen molar-refractivity contribution < 1.29 is 23.4 Å². The molecular formula is C11H13F2NO3. The second-order valence-electron chi connectivity index (χ2n) is 3.42. The largest absolute Gasteiger partial charge is 0.389 e. The van der Waals surface area contributed by atoms with Gasteiger partial charge in [0.25, 0.3) is 5.91 Å². The number of aliphatic hydroxyl groups is 1. The summed E-state index contributed by atoms with van der Waals surface area (Å²) in [7, 11) is 1.39. The number of carbonyl (C=O) groups excluding carboxylic acids is 1. The first-order valence-electron chi connectivity index (χ1n) is 4.95. The average Bonchev–Trinajstić information content (AvgIpc) is 2.26. The minimum Gasteiger partial charge on any atom is -0.389 e. The van der Waals surface area contributed by atoms with Crippen LogP contribution in [-0.4, -0.2) is 37.4 Å². The number of halogens is 2. The van der Waals surface area contributed by atoms with Crippen LogP contribution in [0.3, 0.4) is 0 Å². The standard InChI is InChI=1S/C11H13F2NO3/c1-17-6-7(15)5-14-11(16)10-8(12)3-2-4-9(10)13/h2-4,7,15H,5-6H2,1H3,(H,14,16). The van der Waals surface area contributed by atoms with Crippen LogP contribution in [0.25, 0.3) is 0 Å². The van der Waals surface area contributed by atoms with Gasteiger partial charge in [0.05, 0.1) is 12.7 Å². The molecule has 0 spiro atoms. The Morgan fingerprint density at radius 2 is 2.06 bits per heavy atom. The Balaban J connectivity index is 2.64. The second-order valence-corrected chi connectivity index (χ2v) is 3.42. The van der Waals surface area contributed by atoms with Crippen molar-refractivity contribution in [3.05, 3.63) is 35.4 Å². The summed E-state index contributed by atoms with van der Waals surface area (Å²) in [6.45, 7) is -0.111. The Bertz CT molecular complexity index is 378. The number of hydrogen-bond acceptors (Lipinski definition) is 3. The van der Waals surface area contributed by atoms with Crippen molar-refractivity contribution in [1.29, 1.82) is 0 Å². The molecule has 6 heteroatoms. The number of methoxy groups -OCH3 is 1. The summed E-state index contributed by atoms with van der Waals surface area (Å²) < 4.78 is 31.0. The fourth-order valence-corrected chi connectivity index (χ4v) is 1.26. The normalized spacial score (nSPS) is 12.2. The number of aliphatic hydroxyl groups excluding tert-OH is 1. The van der Waals surface area contributed by atoms with Crippen molar-refractivity contribution in [1.82, 2.24) is 5.32 Å². The van der Waals surface area contributed by atoms with E-state index in [1.165, 1.54) is 13.2 Å². The van der Waals surface area contributed by atoms with Crippen LogP contribution in [0.15, 0.2) is 18.2 Å². The Labute approximate surface area is 97.2 Å². The third-order valence-electron chi connectivity index (χ3n) is 2.05. The fraction of sp³-hybridized carbons (Fsp3) is 0.364. The second kappa shape index (κ2) is 6.27. The van der Waals surface area contributed by atoms with Crippen molar-refractivity contribution in [2.24, 2.45) is 0 Å². The van der Waals surface area contributed by atoms with E-state index in [9.17, 15) is 18.7 Å².